The number of carbonyl (C=O) groups excluding carboxylic acids is 1. The lowest BCUT2D eigenvalue weighted by Gasteiger charge is -2.15. The van der Waals surface area contributed by atoms with Crippen molar-refractivity contribution in [1.82, 2.24) is 20.4 Å². The minimum absolute atomic E-state index is 0.0335. The maximum absolute atomic E-state index is 12.1. The topological polar surface area (TPSA) is 61.0 Å². The van der Waals surface area contributed by atoms with Gasteiger partial charge >= 0.3 is 0 Å². The van der Waals surface area contributed by atoms with Gasteiger partial charge in [0.05, 0.1) is 12.2 Å². The van der Waals surface area contributed by atoms with Gasteiger partial charge in [-0.3, -0.25) is 14.8 Å². The highest BCUT2D eigenvalue weighted by Crippen LogP contribution is 2.17. The van der Waals surface area contributed by atoms with Crippen molar-refractivity contribution < 1.29 is 4.79 Å². The Balaban J connectivity index is 1.43. The van der Waals surface area contributed by atoms with Crippen LogP contribution in [0.25, 0.3) is 11.3 Å². The Morgan fingerprint density at radius 3 is 2.50 bits per heavy atom. The number of hydrogen-bond donors (Lipinski definition) is 2. The van der Waals surface area contributed by atoms with Gasteiger partial charge in [0.1, 0.15) is 0 Å². The third-order valence-electron chi connectivity index (χ3n) is 4.13. The molecule has 0 saturated carbocycles. The summed E-state index contributed by atoms with van der Waals surface area (Å²) in [5, 5.41) is 10.4. The van der Waals surface area contributed by atoms with E-state index in [0.29, 0.717) is 19.6 Å². The number of likely N-dealkylation sites (N-methyl/N-ethyl adjacent to an activating group) is 1. The molecule has 0 bridgehead atoms. The number of rotatable bonds is 8. The van der Waals surface area contributed by atoms with Crippen LogP contribution in [0, 0.1) is 0 Å². The number of nitrogens with one attached hydrogen (secondary N) is 2. The SMILES string of the molecule is CN(CC(=O)NCCc1ccccc1)Cc1cc(-c2ccccc2)n[nH]1. The first-order valence-electron chi connectivity index (χ1n) is 8.79. The summed E-state index contributed by atoms with van der Waals surface area (Å²) < 4.78 is 0. The molecule has 1 amide bonds. The number of H-pyrrole nitrogens is 1. The zero-order valence-electron chi connectivity index (χ0n) is 15.0. The summed E-state index contributed by atoms with van der Waals surface area (Å²) in [6.45, 7) is 1.65. The third kappa shape index (κ3) is 5.29. The Morgan fingerprint density at radius 2 is 1.77 bits per heavy atom. The molecule has 1 heterocycles. The summed E-state index contributed by atoms with van der Waals surface area (Å²) >= 11 is 0. The number of hydrogen-bond acceptors (Lipinski definition) is 3. The molecule has 3 aromatic rings. The molecule has 1 aromatic heterocycles. The molecule has 5 nitrogen and oxygen atoms in total. The Bertz CT molecular complexity index is 814. The summed E-state index contributed by atoms with van der Waals surface area (Å²) in [6.07, 6.45) is 0.845. The first kappa shape index (κ1) is 17.9. The predicted octanol–water partition coefficient (Wildman–Crippen LogP) is 2.87. The lowest BCUT2D eigenvalue weighted by atomic mass is 10.1. The van der Waals surface area contributed by atoms with E-state index in [2.05, 4.69) is 27.6 Å². The monoisotopic (exact) mass is 348 g/mol. The van der Waals surface area contributed by atoms with E-state index in [-0.39, 0.29) is 5.91 Å². The lowest BCUT2D eigenvalue weighted by Crippen LogP contribution is -2.35. The molecular formula is C21H24N4O. The van der Waals surface area contributed by atoms with Crippen LogP contribution < -0.4 is 5.32 Å². The van der Waals surface area contributed by atoms with Crippen LogP contribution in [0.1, 0.15) is 11.3 Å². The van der Waals surface area contributed by atoms with E-state index in [1.165, 1.54) is 5.56 Å². The minimum atomic E-state index is 0.0335. The van der Waals surface area contributed by atoms with E-state index in [4.69, 9.17) is 0 Å². The van der Waals surface area contributed by atoms with Gasteiger partial charge in [-0.05, 0) is 25.1 Å². The Kier molecular flexibility index (Phi) is 6.17. The van der Waals surface area contributed by atoms with Crippen LogP contribution in [0.4, 0.5) is 0 Å². The third-order valence-corrected chi connectivity index (χ3v) is 4.13. The highest BCUT2D eigenvalue weighted by atomic mass is 16.2. The summed E-state index contributed by atoms with van der Waals surface area (Å²) in [5.41, 5.74) is 4.22. The molecule has 0 spiro atoms. The summed E-state index contributed by atoms with van der Waals surface area (Å²) in [6, 6.07) is 22.2. The smallest absolute Gasteiger partial charge is 0.234 e. The maximum atomic E-state index is 12.1. The zero-order chi connectivity index (χ0) is 18.2. The van der Waals surface area contributed by atoms with Crippen LogP contribution in [-0.2, 0) is 17.8 Å². The molecule has 0 aliphatic carbocycles. The standard InChI is InChI=1S/C21H24N4O/c1-25(16-21(26)22-13-12-17-8-4-2-5-9-17)15-19-14-20(24-23-19)18-10-6-3-7-11-18/h2-11,14H,12-13,15-16H2,1H3,(H,22,26)(H,23,24). The van der Waals surface area contributed by atoms with Crippen LogP contribution >= 0.6 is 0 Å². The highest BCUT2D eigenvalue weighted by molar-refractivity contribution is 5.77. The van der Waals surface area contributed by atoms with Crippen molar-refractivity contribution in [2.24, 2.45) is 0 Å². The van der Waals surface area contributed by atoms with E-state index in [1.807, 2.05) is 66.5 Å². The van der Waals surface area contributed by atoms with Crippen molar-refractivity contribution in [3.63, 3.8) is 0 Å². The van der Waals surface area contributed by atoms with E-state index in [9.17, 15) is 4.79 Å². The molecule has 2 N–H and O–H groups in total. The van der Waals surface area contributed by atoms with Crippen molar-refractivity contribution in [3.05, 3.63) is 78.0 Å². The zero-order valence-corrected chi connectivity index (χ0v) is 15.0. The Morgan fingerprint density at radius 1 is 1.08 bits per heavy atom. The van der Waals surface area contributed by atoms with E-state index in [0.717, 1.165) is 23.4 Å². The fourth-order valence-corrected chi connectivity index (χ4v) is 2.84. The average molecular weight is 348 g/mol. The molecule has 0 saturated heterocycles. The first-order valence-corrected chi connectivity index (χ1v) is 8.79. The van der Waals surface area contributed by atoms with Crippen molar-refractivity contribution in [2.75, 3.05) is 20.1 Å². The predicted molar refractivity (Wildman–Crippen MR) is 104 cm³/mol. The Hall–Kier alpha value is -2.92. The van der Waals surface area contributed by atoms with Crippen LogP contribution in [0.5, 0.6) is 0 Å². The number of aromatic amines is 1. The van der Waals surface area contributed by atoms with Crippen molar-refractivity contribution >= 4 is 5.91 Å². The second kappa shape index (κ2) is 8.97. The summed E-state index contributed by atoms with van der Waals surface area (Å²) in [5.74, 6) is 0.0335. The number of aromatic nitrogens is 2. The van der Waals surface area contributed by atoms with E-state index >= 15 is 0 Å². The van der Waals surface area contributed by atoms with Crippen LogP contribution in [0.2, 0.25) is 0 Å². The van der Waals surface area contributed by atoms with Gasteiger partial charge in [-0.2, -0.15) is 5.10 Å². The van der Waals surface area contributed by atoms with Gasteiger partial charge in [0.2, 0.25) is 5.91 Å². The lowest BCUT2D eigenvalue weighted by molar-refractivity contribution is -0.122. The van der Waals surface area contributed by atoms with Gasteiger partial charge in [-0.1, -0.05) is 60.7 Å². The van der Waals surface area contributed by atoms with Gasteiger partial charge in [0, 0.05) is 24.3 Å². The second-order valence-electron chi connectivity index (χ2n) is 6.40. The molecule has 0 unspecified atom stereocenters. The normalized spacial score (nSPS) is 10.8. The quantitative estimate of drug-likeness (QED) is 0.658. The van der Waals surface area contributed by atoms with Crippen molar-refractivity contribution in [3.8, 4) is 11.3 Å². The maximum Gasteiger partial charge on any atom is 0.234 e. The molecule has 0 atom stereocenters. The first-order chi connectivity index (χ1) is 12.7. The van der Waals surface area contributed by atoms with Gasteiger partial charge in [-0.15, -0.1) is 0 Å². The van der Waals surface area contributed by atoms with Crippen LogP contribution in [0.3, 0.4) is 0 Å². The fourth-order valence-electron chi connectivity index (χ4n) is 2.84. The van der Waals surface area contributed by atoms with Gasteiger partial charge in [0.15, 0.2) is 0 Å². The molecular weight excluding hydrogens is 324 g/mol. The number of amides is 1. The second-order valence-corrected chi connectivity index (χ2v) is 6.40. The van der Waals surface area contributed by atoms with Crippen LogP contribution in [0.15, 0.2) is 66.7 Å². The van der Waals surface area contributed by atoms with Crippen LogP contribution in [-0.4, -0.2) is 41.1 Å². The molecule has 134 valence electrons. The summed E-state index contributed by atoms with van der Waals surface area (Å²) in [7, 11) is 1.93. The number of benzene rings is 2. The molecule has 0 aliphatic rings. The largest absolute Gasteiger partial charge is 0.355 e. The molecule has 2 aromatic carbocycles. The van der Waals surface area contributed by atoms with Crippen molar-refractivity contribution in [2.45, 2.75) is 13.0 Å². The molecule has 26 heavy (non-hydrogen) atoms. The van der Waals surface area contributed by atoms with Gasteiger partial charge in [-0.25, -0.2) is 0 Å². The molecule has 5 heteroatoms. The van der Waals surface area contributed by atoms with E-state index in [1.54, 1.807) is 0 Å². The molecule has 0 fully saturated rings. The fraction of sp³-hybridized carbons (Fsp3) is 0.238. The van der Waals surface area contributed by atoms with E-state index < -0.39 is 0 Å². The summed E-state index contributed by atoms with van der Waals surface area (Å²) in [4.78, 5) is 14.1. The van der Waals surface area contributed by atoms with Gasteiger partial charge in [0.25, 0.3) is 0 Å². The molecule has 0 aliphatic heterocycles. The van der Waals surface area contributed by atoms with Crippen molar-refractivity contribution in [1.29, 1.82) is 0 Å². The number of carbonyl (C=O) groups is 1. The molecule has 0 radical (unpaired) electrons. The van der Waals surface area contributed by atoms with Gasteiger partial charge < -0.3 is 5.32 Å². The highest BCUT2D eigenvalue weighted by Gasteiger charge is 2.09. The minimum Gasteiger partial charge on any atom is -0.355 e. The number of nitrogens with zero attached hydrogens (tertiary/aromatic N) is 2. The molecule has 3 rings (SSSR count). The average Bonchev–Trinajstić information content (AvgIpc) is 3.11. The Labute approximate surface area is 154 Å².